The molecular formula is C18H26Cl2N4O3S. The summed E-state index contributed by atoms with van der Waals surface area (Å²) in [6, 6.07) is 1.08. The molecule has 3 rings (SSSR count). The van der Waals surface area contributed by atoms with E-state index in [1.165, 1.54) is 4.31 Å². The summed E-state index contributed by atoms with van der Waals surface area (Å²) in [6.07, 6.45) is 4.37. The smallest absolute Gasteiger partial charge is 0.241 e. The second kappa shape index (κ2) is 9.15. The summed E-state index contributed by atoms with van der Waals surface area (Å²) >= 11 is 12.1. The van der Waals surface area contributed by atoms with Crippen molar-refractivity contribution in [3.05, 3.63) is 22.3 Å². The summed E-state index contributed by atoms with van der Waals surface area (Å²) in [6.45, 7) is 4.48. The lowest BCUT2D eigenvalue weighted by Gasteiger charge is -2.40. The van der Waals surface area contributed by atoms with E-state index in [-0.39, 0.29) is 11.7 Å². The highest BCUT2D eigenvalue weighted by molar-refractivity contribution is 7.89. The molecule has 2 aliphatic heterocycles. The van der Waals surface area contributed by atoms with Crippen LogP contribution < -0.4 is 4.90 Å². The van der Waals surface area contributed by atoms with Gasteiger partial charge >= 0.3 is 0 Å². The first kappa shape index (κ1) is 21.6. The minimum absolute atomic E-state index is 0.0886. The maximum atomic E-state index is 13.1. The molecule has 1 amide bonds. The van der Waals surface area contributed by atoms with Crippen LogP contribution >= 0.6 is 23.2 Å². The first-order valence-corrected chi connectivity index (χ1v) is 12.0. The molecule has 0 saturated carbocycles. The summed E-state index contributed by atoms with van der Waals surface area (Å²) in [4.78, 5) is 21.2. The summed E-state index contributed by atoms with van der Waals surface area (Å²) in [5.74, 6) is 0.655. The molecule has 0 bridgehead atoms. The standard InChI is InChI=1S/C18H26Cl2N4O3S/c1-2-11-28(26,27)24-6-4-3-5-16(24)18(25)23-9-7-22(8-10-23)17-15(20)12-14(19)13-21-17/h12-13,16H,2-11H2,1H3. The van der Waals surface area contributed by atoms with Crippen LogP contribution in [0.1, 0.15) is 32.6 Å². The Balaban J connectivity index is 1.66. The van der Waals surface area contributed by atoms with Crippen molar-refractivity contribution in [2.24, 2.45) is 0 Å². The number of halogens is 2. The van der Waals surface area contributed by atoms with Crippen molar-refractivity contribution >= 4 is 45.0 Å². The van der Waals surface area contributed by atoms with Crippen LogP contribution in [-0.4, -0.2) is 73.0 Å². The van der Waals surface area contributed by atoms with Crippen LogP contribution in [-0.2, 0) is 14.8 Å². The Morgan fingerprint density at radius 1 is 1.18 bits per heavy atom. The lowest BCUT2D eigenvalue weighted by molar-refractivity contribution is -0.136. The number of hydrogen-bond donors (Lipinski definition) is 0. The second-order valence-electron chi connectivity index (χ2n) is 7.21. The van der Waals surface area contributed by atoms with Crippen molar-refractivity contribution < 1.29 is 13.2 Å². The third kappa shape index (κ3) is 4.72. The maximum Gasteiger partial charge on any atom is 0.241 e. The average molecular weight is 449 g/mol. The van der Waals surface area contributed by atoms with Gasteiger partial charge in [-0.2, -0.15) is 4.31 Å². The zero-order valence-corrected chi connectivity index (χ0v) is 18.3. The number of amides is 1. The predicted molar refractivity (Wildman–Crippen MR) is 111 cm³/mol. The van der Waals surface area contributed by atoms with E-state index in [4.69, 9.17) is 23.2 Å². The Morgan fingerprint density at radius 3 is 2.54 bits per heavy atom. The molecule has 0 aromatic carbocycles. The van der Waals surface area contributed by atoms with E-state index in [0.717, 1.165) is 12.8 Å². The predicted octanol–water partition coefficient (Wildman–Crippen LogP) is 2.63. The normalized spacial score (nSPS) is 21.8. The maximum absolute atomic E-state index is 13.1. The monoisotopic (exact) mass is 448 g/mol. The molecule has 1 aromatic rings. The van der Waals surface area contributed by atoms with Crippen LogP contribution in [0.5, 0.6) is 0 Å². The van der Waals surface area contributed by atoms with Crippen LogP contribution in [0.4, 0.5) is 5.82 Å². The minimum Gasteiger partial charge on any atom is -0.352 e. The highest BCUT2D eigenvalue weighted by atomic mass is 35.5. The topological polar surface area (TPSA) is 73.8 Å². The Labute approximate surface area is 176 Å². The number of anilines is 1. The van der Waals surface area contributed by atoms with Crippen molar-refractivity contribution in [2.75, 3.05) is 43.4 Å². The molecule has 156 valence electrons. The Morgan fingerprint density at radius 2 is 1.89 bits per heavy atom. The van der Waals surface area contributed by atoms with Gasteiger partial charge in [-0.3, -0.25) is 4.79 Å². The second-order valence-corrected chi connectivity index (χ2v) is 10.1. The van der Waals surface area contributed by atoms with Crippen molar-refractivity contribution in [3.8, 4) is 0 Å². The number of piperazine rings is 1. The van der Waals surface area contributed by atoms with E-state index < -0.39 is 16.1 Å². The number of piperidine rings is 1. The summed E-state index contributed by atoms with van der Waals surface area (Å²) in [5.41, 5.74) is 0. The third-order valence-corrected chi connectivity index (χ3v) is 7.80. The molecule has 28 heavy (non-hydrogen) atoms. The number of hydrogen-bond acceptors (Lipinski definition) is 5. The van der Waals surface area contributed by atoms with Gasteiger partial charge in [0.1, 0.15) is 11.9 Å². The molecule has 0 aliphatic carbocycles. The molecule has 3 heterocycles. The van der Waals surface area contributed by atoms with Gasteiger partial charge in [0.25, 0.3) is 0 Å². The first-order valence-electron chi connectivity index (χ1n) is 9.68. The van der Waals surface area contributed by atoms with Crippen molar-refractivity contribution in [2.45, 2.75) is 38.6 Å². The van der Waals surface area contributed by atoms with Gasteiger partial charge < -0.3 is 9.80 Å². The Bertz CT molecular complexity index is 813. The highest BCUT2D eigenvalue weighted by Gasteiger charge is 2.39. The summed E-state index contributed by atoms with van der Waals surface area (Å²) < 4.78 is 26.6. The van der Waals surface area contributed by atoms with Crippen molar-refractivity contribution in [1.82, 2.24) is 14.2 Å². The molecule has 0 spiro atoms. The largest absolute Gasteiger partial charge is 0.352 e. The fraction of sp³-hybridized carbons (Fsp3) is 0.667. The van der Waals surface area contributed by atoms with Crippen LogP contribution in [0.15, 0.2) is 12.3 Å². The average Bonchev–Trinajstić information content (AvgIpc) is 2.68. The van der Waals surface area contributed by atoms with Gasteiger partial charge in [0.05, 0.1) is 15.8 Å². The van der Waals surface area contributed by atoms with Gasteiger partial charge in [0.2, 0.25) is 15.9 Å². The van der Waals surface area contributed by atoms with E-state index in [0.29, 0.717) is 61.4 Å². The SMILES string of the molecule is CCCS(=O)(=O)N1CCCCC1C(=O)N1CCN(c2ncc(Cl)cc2Cl)CC1. The van der Waals surface area contributed by atoms with Gasteiger partial charge in [-0.15, -0.1) is 0 Å². The summed E-state index contributed by atoms with van der Waals surface area (Å²) in [7, 11) is -3.39. The molecule has 2 fully saturated rings. The fourth-order valence-corrected chi connectivity index (χ4v) is 6.09. The third-order valence-electron chi connectivity index (χ3n) is 5.24. The molecule has 0 N–H and O–H groups in total. The molecule has 10 heteroatoms. The van der Waals surface area contributed by atoms with Gasteiger partial charge in [-0.05, 0) is 25.3 Å². The Hall–Kier alpha value is -1.09. The number of sulfonamides is 1. The fourth-order valence-electron chi connectivity index (χ4n) is 3.85. The highest BCUT2D eigenvalue weighted by Crippen LogP contribution is 2.28. The lowest BCUT2D eigenvalue weighted by atomic mass is 10.0. The molecule has 2 aliphatic rings. The number of carbonyl (C=O) groups is 1. The van der Waals surface area contributed by atoms with E-state index in [1.54, 1.807) is 17.2 Å². The molecule has 0 radical (unpaired) electrons. The molecule has 2 saturated heterocycles. The lowest BCUT2D eigenvalue weighted by Crippen LogP contribution is -2.57. The number of nitrogens with zero attached hydrogens (tertiary/aromatic N) is 4. The van der Waals surface area contributed by atoms with Crippen LogP contribution in [0.3, 0.4) is 0 Å². The van der Waals surface area contributed by atoms with Crippen LogP contribution in [0.25, 0.3) is 0 Å². The first-order chi connectivity index (χ1) is 13.3. The summed E-state index contributed by atoms with van der Waals surface area (Å²) in [5, 5.41) is 0.963. The van der Waals surface area contributed by atoms with Gasteiger partial charge in [0.15, 0.2) is 0 Å². The van der Waals surface area contributed by atoms with Gasteiger partial charge in [-0.25, -0.2) is 13.4 Å². The van der Waals surface area contributed by atoms with Crippen LogP contribution in [0, 0.1) is 0 Å². The molecule has 1 aromatic heterocycles. The zero-order valence-electron chi connectivity index (χ0n) is 16.0. The zero-order chi connectivity index (χ0) is 20.3. The van der Waals surface area contributed by atoms with Crippen LogP contribution in [0.2, 0.25) is 10.0 Å². The number of carbonyl (C=O) groups excluding carboxylic acids is 1. The van der Waals surface area contributed by atoms with Gasteiger partial charge in [-0.1, -0.05) is 36.5 Å². The minimum atomic E-state index is -3.39. The molecule has 7 nitrogen and oxygen atoms in total. The van der Waals surface area contributed by atoms with E-state index in [9.17, 15) is 13.2 Å². The van der Waals surface area contributed by atoms with Crippen molar-refractivity contribution in [3.63, 3.8) is 0 Å². The van der Waals surface area contributed by atoms with E-state index in [1.807, 2.05) is 11.8 Å². The molecular weight excluding hydrogens is 423 g/mol. The number of pyridine rings is 1. The van der Waals surface area contributed by atoms with Gasteiger partial charge in [0, 0.05) is 38.9 Å². The van der Waals surface area contributed by atoms with Crippen molar-refractivity contribution in [1.29, 1.82) is 0 Å². The van der Waals surface area contributed by atoms with E-state index >= 15 is 0 Å². The molecule has 1 unspecified atom stereocenters. The van der Waals surface area contributed by atoms with E-state index in [2.05, 4.69) is 4.98 Å². The Kier molecular flexibility index (Phi) is 7.07. The number of aromatic nitrogens is 1. The molecule has 1 atom stereocenters. The quantitative estimate of drug-likeness (QED) is 0.691. The number of rotatable bonds is 5.